The molecule has 0 amide bonds. The van der Waals surface area contributed by atoms with Crippen molar-refractivity contribution in [3.05, 3.63) is 52.5 Å². The van der Waals surface area contributed by atoms with Gasteiger partial charge in [-0.2, -0.15) is 0 Å². The first-order valence-corrected chi connectivity index (χ1v) is 5.67. The lowest BCUT2D eigenvalue weighted by Crippen LogP contribution is -1.91. The van der Waals surface area contributed by atoms with Gasteiger partial charge >= 0.3 is 0 Å². The first kappa shape index (κ1) is 12.0. The molecule has 0 atom stereocenters. The Bertz CT molecular complexity index is 534. The maximum absolute atomic E-state index is 12.9. The number of aromatic nitrogens is 1. The van der Waals surface area contributed by atoms with Crippen LogP contribution in [0.2, 0.25) is 0 Å². The fourth-order valence-electron chi connectivity index (χ4n) is 1.29. The summed E-state index contributed by atoms with van der Waals surface area (Å²) in [6.07, 6.45) is 1.54. The predicted octanol–water partition coefficient (Wildman–Crippen LogP) is 3.27. The first-order chi connectivity index (χ1) is 8.19. The molecule has 0 aliphatic carbocycles. The topological polar surface area (TPSA) is 42.4 Å². The van der Waals surface area contributed by atoms with Crippen LogP contribution in [-0.4, -0.2) is 10.1 Å². The first-order valence-electron chi connectivity index (χ1n) is 4.88. The molecule has 0 spiro atoms. The molecule has 0 saturated heterocycles. The fraction of sp³-hybridized carbons (Fsp3) is 0.0833. The summed E-state index contributed by atoms with van der Waals surface area (Å²) in [5.74, 6) is 0.702. The van der Waals surface area contributed by atoms with E-state index in [-0.39, 0.29) is 12.4 Å². The Labute approximate surface area is 106 Å². The third-order valence-corrected chi connectivity index (χ3v) is 2.69. The van der Waals surface area contributed by atoms with Crippen molar-refractivity contribution in [3.63, 3.8) is 0 Å². The Balaban J connectivity index is 2.25. The molecule has 17 heavy (non-hydrogen) atoms. The fourth-order valence-corrected chi connectivity index (χ4v) is 1.72. The van der Waals surface area contributed by atoms with Crippen LogP contribution >= 0.6 is 15.9 Å². The molecule has 0 saturated carbocycles. The Hall–Kier alpha value is -1.46. The number of ether oxygens (including phenoxy) is 1. The summed E-state index contributed by atoms with van der Waals surface area (Å²) >= 11 is 3.21. The molecule has 0 aliphatic rings. The van der Waals surface area contributed by atoms with Crippen molar-refractivity contribution in [2.75, 3.05) is 0 Å². The number of rotatable bonds is 3. The molecule has 0 radical (unpaired) electrons. The van der Waals surface area contributed by atoms with E-state index >= 15 is 0 Å². The number of hydrogen-bond donors (Lipinski definition) is 1. The molecule has 1 N–H and O–H groups in total. The van der Waals surface area contributed by atoms with Gasteiger partial charge in [-0.05, 0) is 40.2 Å². The van der Waals surface area contributed by atoms with Crippen LogP contribution in [0.15, 0.2) is 41.0 Å². The monoisotopic (exact) mass is 297 g/mol. The summed E-state index contributed by atoms with van der Waals surface area (Å²) < 4.78 is 18.9. The average molecular weight is 298 g/mol. The Morgan fingerprint density at radius 3 is 2.82 bits per heavy atom. The smallest absolute Gasteiger partial charge is 0.141 e. The molecule has 88 valence electrons. The van der Waals surface area contributed by atoms with Crippen LogP contribution in [0.5, 0.6) is 11.5 Å². The van der Waals surface area contributed by atoms with Crippen LogP contribution in [0.1, 0.15) is 5.69 Å². The highest BCUT2D eigenvalue weighted by molar-refractivity contribution is 9.10. The van der Waals surface area contributed by atoms with Crippen molar-refractivity contribution >= 4 is 15.9 Å². The predicted molar refractivity (Wildman–Crippen MR) is 64.3 cm³/mol. The van der Waals surface area contributed by atoms with Gasteiger partial charge in [-0.15, -0.1) is 0 Å². The molecule has 3 nitrogen and oxygen atoms in total. The van der Waals surface area contributed by atoms with E-state index < -0.39 is 0 Å². The van der Waals surface area contributed by atoms with Crippen molar-refractivity contribution in [1.29, 1.82) is 0 Å². The van der Waals surface area contributed by atoms with E-state index in [4.69, 9.17) is 9.84 Å². The highest BCUT2D eigenvalue weighted by atomic mass is 79.9. The van der Waals surface area contributed by atoms with Gasteiger partial charge in [0.25, 0.3) is 0 Å². The van der Waals surface area contributed by atoms with Crippen LogP contribution < -0.4 is 4.74 Å². The number of benzene rings is 1. The molecular formula is C12H9BrFNO2. The second-order valence-corrected chi connectivity index (χ2v) is 4.17. The standard InChI is InChI=1S/C12H9BrFNO2/c13-11-5-8(14)1-2-12(11)17-10-3-4-15-9(6-10)7-16/h1-6,16H,7H2. The number of nitrogens with zero attached hydrogens (tertiary/aromatic N) is 1. The third kappa shape index (κ3) is 3.01. The Morgan fingerprint density at radius 1 is 1.29 bits per heavy atom. The number of aliphatic hydroxyl groups is 1. The van der Waals surface area contributed by atoms with Gasteiger partial charge in [0.15, 0.2) is 0 Å². The highest BCUT2D eigenvalue weighted by Gasteiger charge is 2.05. The summed E-state index contributed by atoms with van der Waals surface area (Å²) in [7, 11) is 0. The Morgan fingerprint density at radius 2 is 2.12 bits per heavy atom. The van der Waals surface area contributed by atoms with Gasteiger partial charge in [0, 0.05) is 12.3 Å². The molecular weight excluding hydrogens is 289 g/mol. The van der Waals surface area contributed by atoms with E-state index in [1.54, 1.807) is 12.1 Å². The number of aliphatic hydroxyl groups excluding tert-OH is 1. The summed E-state index contributed by atoms with van der Waals surface area (Å²) in [6, 6.07) is 7.45. The largest absolute Gasteiger partial charge is 0.456 e. The lowest BCUT2D eigenvalue weighted by molar-refractivity contribution is 0.276. The van der Waals surface area contributed by atoms with E-state index in [1.165, 1.54) is 24.4 Å². The Kier molecular flexibility index (Phi) is 3.71. The molecule has 1 aromatic carbocycles. The van der Waals surface area contributed by atoms with Crippen LogP contribution in [0.25, 0.3) is 0 Å². The second kappa shape index (κ2) is 5.25. The lowest BCUT2D eigenvalue weighted by atomic mass is 10.3. The van der Waals surface area contributed by atoms with Gasteiger partial charge in [-0.1, -0.05) is 0 Å². The quantitative estimate of drug-likeness (QED) is 0.945. The van der Waals surface area contributed by atoms with Crippen LogP contribution in [-0.2, 0) is 6.61 Å². The summed E-state index contributed by atoms with van der Waals surface area (Å²) in [6.45, 7) is -0.151. The van der Waals surface area contributed by atoms with Gasteiger partial charge < -0.3 is 9.84 Å². The van der Waals surface area contributed by atoms with Gasteiger partial charge in [0.05, 0.1) is 16.8 Å². The van der Waals surface area contributed by atoms with E-state index in [0.717, 1.165) is 0 Å². The van der Waals surface area contributed by atoms with Gasteiger partial charge in [-0.25, -0.2) is 4.39 Å². The van der Waals surface area contributed by atoms with E-state index in [9.17, 15) is 4.39 Å². The molecule has 1 aromatic heterocycles. The number of hydrogen-bond acceptors (Lipinski definition) is 3. The third-order valence-electron chi connectivity index (χ3n) is 2.07. The van der Waals surface area contributed by atoms with Crippen LogP contribution in [0.3, 0.4) is 0 Å². The minimum atomic E-state index is -0.338. The highest BCUT2D eigenvalue weighted by Crippen LogP contribution is 2.30. The summed E-state index contributed by atoms with van der Waals surface area (Å²) in [5, 5.41) is 8.94. The molecule has 0 fully saturated rings. The number of halogens is 2. The zero-order valence-corrected chi connectivity index (χ0v) is 10.3. The van der Waals surface area contributed by atoms with Crippen molar-refractivity contribution in [1.82, 2.24) is 4.98 Å². The molecule has 5 heteroatoms. The van der Waals surface area contributed by atoms with Crippen molar-refractivity contribution in [2.24, 2.45) is 0 Å². The minimum absolute atomic E-state index is 0.151. The molecule has 0 unspecified atom stereocenters. The lowest BCUT2D eigenvalue weighted by Gasteiger charge is -2.08. The minimum Gasteiger partial charge on any atom is -0.456 e. The molecule has 2 rings (SSSR count). The molecule has 1 heterocycles. The number of pyridine rings is 1. The van der Waals surface area contributed by atoms with Gasteiger partial charge in [0.2, 0.25) is 0 Å². The maximum atomic E-state index is 12.9. The van der Waals surface area contributed by atoms with Crippen LogP contribution in [0, 0.1) is 5.82 Å². The SMILES string of the molecule is OCc1cc(Oc2ccc(F)cc2Br)ccn1. The van der Waals surface area contributed by atoms with Crippen molar-refractivity contribution in [3.8, 4) is 11.5 Å². The summed E-state index contributed by atoms with van der Waals surface area (Å²) in [5.41, 5.74) is 0.515. The maximum Gasteiger partial charge on any atom is 0.141 e. The zero-order valence-electron chi connectivity index (χ0n) is 8.73. The zero-order chi connectivity index (χ0) is 12.3. The normalized spacial score (nSPS) is 10.3. The molecule has 0 aliphatic heterocycles. The van der Waals surface area contributed by atoms with Crippen LogP contribution in [0.4, 0.5) is 4.39 Å². The van der Waals surface area contributed by atoms with Crippen molar-refractivity contribution < 1.29 is 14.2 Å². The van der Waals surface area contributed by atoms with E-state index in [1.807, 2.05) is 0 Å². The summed E-state index contributed by atoms with van der Waals surface area (Å²) in [4.78, 5) is 3.93. The van der Waals surface area contributed by atoms with E-state index in [0.29, 0.717) is 21.7 Å². The van der Waals surface area contributed by atoms with Gasteiger partial charge in [0.1, 0.15) is 17.3 Å². The molecule has 0 bridgehead atoms. The average Bonchev–Trinajstić information content (AvgIpc) is 2.33. The van der Waals surface area contributed by atoms with Gasteiger partial charge in [-0.3, -0.25) is 4.98 Å². The van der Waals surface area contributed by atoms with E-state index in [2.05, 4.69) is 20.9 Å². The van der Waals surface area contributed by atoms with Crippen molar-refractivity contribution in [2.45, 2.75) is 6.61 Å². The second-order valence-electron chi connectivity index (χ2n) is 3.32. The molecule has 2 aromatic rings.